The SMILES string of the molecule is CN(C)[C@@H]1C[C@@H]2CN(c3nc(N)nc4nc[nH]c34)C[C@@H]2C[C@H]1OCC1CC1. The highest BCUT2D eigenvalue weighted by Crippen LogP contribution is 2.41. The van der Waals surface area contributed by atoms with Crippen molar-refractivity contribution in [3.8, 4) is 0 Å². The van der Waals surface area contributed by atoms with Crippen LogP contribution in [0.25, 0.3) is 11.2 Å². The summed E-state index contributed by atoms with van der Waals surface area (Å²) in [6, 6.07) is 0.493. The van der Waals surface area contributed by atoms with E-state index in [4.69, 9.17) is 10.5 Å². The van der Waals surface area contributed by atoms with Crippen LogP contribution in [0.5, 0.6) is 0 Å². The van der Waals surface area contributed by atoms with Crippen molar-refractivity contribution in [1.82, 2.24) is 24.8 Å². The Morgan fingerprint density at radius 1 is 1.22 bits per heavy atom. The van der Waals surface area contributed by atoms with Crippen LogP contribution in [0.15, 0.2) is 6.33 Å². The number of H-pyrrole nitrogens is 1. The molecule has 2 aliphatic carbocycles. The van der Waals surface area contributed by atoms with Crippen molar-refractivity contribution >= 4 is 22.9 Å². The summed E-state index contributed by atoms with van der Waals surface area (Å²) in [6.07, 6.45) is 6.99. The van der Waals surface area contributed by atoms with Crippen LogP contribution in [0, 0.1) is 17.8 Å². The van der Waals surface area contributed by atoms with Gasteiger partial charge in [0.2, 0.25) is 5.95 Å². The van der Waals surface area contributed by atoms with Gasteiger partial charge in [-0.05, 0) is 57.5 Å². The molecule has 0 unspecified atom stereocenters. The summed E-state index contributed by atoms with van der Waals surface area (Å²) in [7, 11) is 4.37. The molecule has 4 atom stereocenters. The maximum Gasteiger partial charge on any atom is 0.224 e. The van der Waals surface area contributed by atoms with Gasteiger partial charge in [0.25, 0.3) is 0 Å². The maximum atomic E-state index is 6.38. The standard InChI is InChI=1S/C19H29N7O/c1-25(2)14-5-12-7-26(8-13(12)6-15(14)27-9-11-3-4-11)18-16-17(22-10-21-16)23-19(20)24-18/h10-15H,3-9H2,1-2H3,(H3,20,21,22,23,24)/t12-,13+,14-,15-/m1/s1. The third-order valence-corrected chi connectivity index (χ3v) is 6.57. The Morgan fingerprint density at radius 3 is 2.74 bits per heavy atom. The summed E-state index contributed by atoms with van der Waals surface area (Å²) in [5, 5.41) is 0. The predicted molar refractivity (Wildman–Crippen MR) is 104 cm³/mol. The molecule has 2 aromatic heterocycles. The first-order valence-corrected chi connectivity index (χ1v) is 10.1. The highest BCUT2D eigenvalue weighted by molar-refractivity contribution is 5.84. The van der Waals surface area contributed by atoms with Crippen molar-refractivity contribution in [3.63, 3.8) is 0 Å². The van der Waals surface area contributed by atoms with Crippen LogP contribution >= 0.6 is 0 Å². The lowest BCUT2D eigenvalue weighted by Gasteiger charge is -2.41. The zero-order chi connectivity index (χ0) is 18.5. The van der Waals surface area contributed by atoms with E-state index in [-0.39, 0.29) is 5.95 Å². The van der Waals surface area contributed by atoms with Crippen LogP contribution in [0.3, 0.4) is 0 Å². The molecular formula is C19H29N7O. The Labute approximate surface area is 159 Å². The second kappa shape index (κ2) is 6.60. The molecule has 0 bridgehead atoms. The van der Waals surface area contributed by atoms with Crippen molar-refractivity contribution in [3.05, 3.63) is 6.33 Å². The number of anilines is 2. The van der Waals surface area contributed by atoms with Crippen LogP contribution in [-0.2, 0) is 4.74 Å². The molecule has 1 saturated heterocycles. The van der Waals surface area contributed by atoms with Crippen molar-refractivity contribution in [2.24, 2.45) is 17.8 Å². The van der Waals surface area contributed by atoms with Gasteiger partial charge in [-0.15, -0.1) is 0 Å². The van der Waals surface area contributed by atoms with E-state index in [1.165, 1.54) is 19.3 Å². The van der Waals surface area contributed by atoms with Gasteiger partial charge in [0.1, 0.15) is 5.52 Å². The van der Waals surface area contributed by atoms with E-state index in [2.05, 4.69) is 43.8 Å². The molecule has 146 valence electrons. The molecule has 3 heterocycles. The summed E-state index contributed by atoms with van der Waals surface area (Å²) in [5.41, 5.74) is 7.45. The summed E-state index contributed by atoms with van der Waals surface area (Å²) < 4.78 is 6.38. The molecule has 3 aliphatic rings. The minimum Gasteiger partial charge on any atom is -0.376 e. The number of ether oxygens (including phenoxy) is 1. The second-order valence-electron chi connectivity index (χ2n) is 8.75. The molecule has 0 radical (unpaired) electrons. The van der Waals surface area contributed by atoms with E-state index in [1.54, 1.807) is 6.33 Å². The Hall–Kier alpha value is -1.93. The number of nitrogens with one attached hydrogen (secondary N) is 1. The Kier molecular flexibility index (Phi) is 4.20. The summed E-state index contributed by atoms with van der Waals surface area (Å²) in [4.78, 5) is 20.9. The zero-order valence-electron chi connectivity index (χ0n) is 16.1. The number of imidazole rings is 1. The van der Waals surface area contributed by atoms with Gasteiger partial charge in [-0.2, -0.15) is 9.97 Å². The van der Waals surface area contributed by atoms with Gasteiger partial charge in [0.05, 0.1) is 12.4 Å². The summed E-state index contributed by atoms with van der Waals surface area (Å²) in [5.74, 6) is 3.28. The fourth-order valence-electron chi connectivity index (χ4n) is 4.89. The minimum atomic E-state index is 0.288. The van der Waals surface area contributed by atoms with Crippen molar-refractivity contribution in [2.75, 3.05) is 44.4 Å². The van der Waals surface area contributed by atoms with E-state index in [1.807, 2.05) is 0 Å². The topological polar surface area (TPSA) is 96.2 Å². The van der Waals surface area contributed by atoms with Gasteiger partial charge in [-0.3, -0.25) is 0 Å². The molecule has 0 spiro atoms. The average Bonchev–Trinajstić information content (AvgIpc) is 3.19. The van der Waals surface area contributed by atoms with Crippen LogP contribution in [0.2, 0.25) is 0 Å². The first kappa shape index (κ1) is 17.2. The lowest BCUT2D eigenvalue weighted by molar-refractivity contribution is -0.0493. The highest BCUT2D eigenvalue weighted by atomic mass is 16.5. The van der Waals surface area contributed by atoms with E-state index >= 15 is 0 Å². The molecule has 2 saturated carbocycles. The Bertz CT molecular complexity index is 817. The van der Waals surface area contributed by atoms with E-state index in [9.17, 15) is 0 Å². The van der Waals surface area contributed by atoms with E-state index < -0.39 is 0 Å². The van der Waals surface area contributed by atoms with Crippen molar-refractivity contribution < 1.29 is 4.74 Å². The smallest absolute Gasteiger partial charge is 0.224 e. The van der Waals surface area contributed by atoms with Crippen LogP contribution in [0.4, 0.5) is 11.8 Å². The average molecular weight is 371 g/mol. The number of likely N-dealkylation sites (N-methyl/N-ethyl adjacent to an activating group) is 1. The molecule has 3 fully saturated rings. The number of aromatic nitrogens is 4. The predicted octanol–water partition coefficient (Wildman–Crippen LogP) is 1.51. The molecule has 2 aromatic rings. The number of aromatic amines is 1. The zero-order valence-corrected chi connectivity index (χ0v) is 16.1. The largest absolute Gasteiger partial charge is 0.376 e. The van der Waals surface area contributed by atoms with Crippen LogP contribution < -0.4 is 10.6 Å². The molecule has 5 rings (SSSR count). The summed E-state index contributed by atoms with van der Waals surface area (Å²) in [6.45, 7) is 2.95. The highest BCUT2D eigenvalue weighted by Gasteiger charge is 2.44. The van der Waals surface area contributed by atoms with Crippen LogP contribution in [0.1, 0.15) is 25.7 Å². The lowest BCUT2D eigenvalue weighted by Crippen LogP contribution is -2.48. The van der Waals surface area contributed by atoms with E-state index in [0.717, 1.165) is 43.4 Å². The molecule has 0 amide bonds. The fourth-order valence-corrected chi connectivity index (χ4v) is 4.89. The first-order chi connectivity index (χ1) is 13.1. The third-order valence-electron chi connectivity index (χ3n) is 6.57. The van der Waals surface area contributed by atoms with Gasteiger partial charge < -0.3 is 25.3 Å². The molecular weight excluding hydrogens is 342 g/mol. The van der Waals surface area contributed by atoms with Gasteiger partial charge >= 0.3 is 0 Å². The number of rotatable bonds is 5. The van der Waals surface area contributed by atoms with Gasteiger partial charge in [-0.25, -0.2) is 4.98 Å². The number of nitrogens with zero attached hydrogens (tertiary/aromatic N) is 5. The number of hydrogen-bond donors (Lipinski definition) is 2. The number of hydrogen-bond acceptors (Lipinski definition) is 7. The first-order valence-electron chi connectivity index (χ1n) is 10.1. The molecule has 1 aliphatic heterocycles. The number of nitrogens with two attached hydrogens (primary N) is 1. The third kappa shape index (κ3) is 3.25. The summed E-state index contributed by atoms with van der Waals surface area (Å²) >= 11 is 0. The normalized spacial score (nSPS) is 31.0. The fraction of sp³-hybridized carbons (Fsp3) is 0.737. The Morgan fingerprint density at radius 2 is 2.00 bits per heavy atom. The van der Waals surface area contributed by atoms with Crippen LogP contribution in [-0.4, -0.2) is 70.8 Å². The second-order valence-corrected chi connectivity index (χ2v) is 8.75. The van der Waals surface area contributed by atoms with Gasteiger partial charge in [0, 0.05) is 25.7 Å². The number of nitrogen functional groups attached to an aromatic ring is 1. The molecule has 0 aromatic carbocycles. The Balaban J connectivity index is 1.36. The molecule has 3 N–H and O–H groups in total. The molecule has 27 heavy (non-hydrogen) atoms. The van der Waals surface area contributed by atoms with Gasteiger partial charge in [-0.1, -0.05) is 0 Å². The molecule has 8 heteroatoms. The van der Waals surface area contributed by atoms with Crippen molar-refractivity contribution in [2.45, 2.75) is 37.8 Å². The van der Waals surface area contributed by atoms with Crippen molar-refractivity contribution in [1.29, 1.82) is 0 Å². The minimum absolute atomic E-state index is 0.288. The monoisotopic (exact) mass is 371 g/mol. The quantitative estimate of drug-likeness (QED) is 0.822. The van der Waals surface area contributed by atoms with E-state index in [0.29, 0.717) is 29.6 Å². The maximum absolute atomic E-state index is 6.38. The van der Waals surface area contributed by atoms with Gasteiger partial charge in [0.15, 0.2) is 11.5 Å². The molecule has 8 nitrogen and oxygen atoms in total. The number of fused-ring (bicyclic) bond motifs is 2. The lowest BCUT2D eigenvalue weighted by atomic mass is 9.77.